The zero-order valence-corrected chi connectivity index (χ0v) is 22.2. The van der Waals surface area contributed by atoms with Gasteiger partial charge in [-0.15, -0.1) is 0 Å². The molecule has 206 valence electrons. The van der Waals surface area contributed by atoms with Gasteiger partial charge in [0.15, 0.2) is 5.60 Å². The van der Waals surface area contributed by atoms with Gasteiger partial charge in [0.1, 0.15) is 12.4 Å². The minimum atomic E-state index is -1.85. The largest absolute Gasteiger partial charge is 0.494 e. The fourth-order valence-electron chi connectivity index (χ4n) is 5.62. The number of carbonyl (C=O) groups excluding carboxylic acids is 2. The fraction of sp³-hybridized carbons (Fsp3) is 0.448. The van der Waals surface area contributed by atoms with Crippen molar-refractivity contribution in [3.8, 4) is 17.1 Å². The maximum absolute atomic E-state index is 13.5. The molecule has 0 aliphatic carbocycles. The molecule has 1 amide bonds. The Bertz CT molecular complexity index is 1510. The van der Waals surface area contributed by atoms with E-state index < -0.39 is 11.6 Å². The number of pyridine rings is 2. The average molecular weight is 536 g/mol. The Morgan fingerprint density at radius 1 is 1.15 bits per heavy atom. The second-order valence-corrected chi connectivity index (χ2v) is 10.1. The van der Waals surface area contributed by atoms with Gasteiger partial charge in [0.25, 0.3) is 5.56 Å². The number of nitrogens with zero attached hydrogens (tertiary/aromatic N) is 2. The first kappa shape index (κ1) is 26.8. The Morgan fingerprint density at radius 2 is 1.95 bits per heavy atom. The molecule has 10 nitrogen and oxygen atoms in total. The molecule has 39 heavy (non-hydrogen) atoms. The SMILES string of the molecule is CCc1c2c(nc3ccc(OCCCCCCC(=O)NO)cc13)-c1cc3c(c(=O)n1C2)COC(=O)C3(O)CC. The maximum Gasteiger partial charge on any atom is 0.343 e. The Balaban J connectivity index is 1.41. The number of hydroxylamine groups is 1. The summed E-state index contributed by atoms with van der Waals surface area (Å²) in [7, 11) is 0. The molecule has 3 aromatic rings. The Labute approximate surface area is 225 Å². The van der Waals surface area contributed by atoms with Crippen LogP contribution in [0.1, 0.15) is 74.6 Å². The topological polar surface area (TPSA) is 140 Å². The number of benzene rings is 1. The molecule has 0 spiro atoms. The van der Waals surface area contributed by atoms with Crippen LogP contribution in [0.15, 0.2) is 29.1 Å². The zero-order valence-electron chi connectivity index (χ0n) is 22.2. The number of hydrogen-bond donors (Lipinski definition) is 3. The molecule has 2 aliphatic rings. The van der Waals surface area contributed by atoms with Crippen LogP contribution in [0.25, 0.3) is 22.3 Å². The molecule has 2 aliphatic heterocycles. The summed E-state index contributed by atoms with van der Waals surface area (Å²) < 4.78 is 12.8. The molecule has 10 heteroatoms. The van der Waals surface area contributed by atoms with Crippen LogP contribution in [0.5, 0.6) is 5.75 Å². The molecule has 0 radical (unpaired) electrons. The monoisotopic (exact) mass is 535 g/mol. The molecule has 1 atom stereocenters. The number of fused-ring (bicyclic) bond motifs is 5. The fourth-order valence-corrected chi connectivity index (χ4v) is 5.62. The summed E-state index contributed by atoms with van der Waals surface area (Å²) in [5.74, 6) is -0.360. The van der Waals surface area contributed by atoms with Crippen molar-refractivity contribution in [3.63, 3.8) is 0 Å². The average Bonchev–Trinajstić information content (AvgIpc) is 3.31. The van der Waals surface area contributed by atoms with E-state index in [0.29, 0.717) is 48.5 Å². The lowest BCUT2D eigenvalue weighted by atomic mass is 9.86. The molecule has 0 saturated heterocycles. The quantitative estimate of drug-likeness (QED) is 0.121. The molecular weight excluding hydrogens is 502 g/mol. The molecule has 0 bridgehead atoms. The van der Waals surface area contributed by atoms with Gasteiger partial charge in [-0.25, -0.2) is 15.3 Å². The number of aliphatic hydroxyl groups is 1. The van der Waals surface area contributed by atoms with E-state index in [1.54, 1.807) is 23.0 Å². The van der Waals surface area contributed by atoms with E-state index in [0.717, 1.165) is 53.5 Å². The molecule has 5 rings (SSSR count). The summed E-state index contributed by atoms with van der Waals surface area (Å²) in [4.78, 5) is 41.9. The van der Waals surface area contributed by atoms with Crippen molar-refractivity contribution in [1.29, 1.82) is 0 Å². The Hall–Kier alpha value is -3.76. The molecule has 3 N–H and O–H groups in total. The number of aryl methyl sites for hydroxylation is 1. The van der Waals surface area contributed by atoms with Crippen LogP contribution in [0.2, 0.25) is 0 Å². The van der Waals surface area contributed by atoms with Gasteiger partial charge in [0, 0.05) is 22.9 Å². The van der Waals surface area contributed by atoms with Gasteiger partial charge >= 0.3 is 5.97 Å². The summed E-state index contributed by atoms with van der Waals surface area (Å²) in [6.07, 6.45) is 4.50. The van der Waals surface area contributed by atoms with E-state index in [-0.39, 0.29) is 24.5 Å². The van der Waals surface area contributed by atoms with E-state index in [1.807, 2.05) is 18.2 Å². The summed E-state index contributed by atoms with van der Waals surface area (Å²) in [6, 6.07) is 7.52. The molecule has 1 aromatic carbocycles. The number of amides is 1. The Kier molecular flexibility index (Phi) is 7.42. The van der Waals surface area contributed by atoms with Gasteiger partial charge in [0.2, 0.25) is 5.91 Å². The van der Waals surface area contributed by atoms with Crippen molar-refractivity contribution < 1.29 is 29.4 Å². The third-order valence-electron chi connectivity index (χ3n) is 7.82. The third kappa shape index (κ3) is 4.68. The molecule has 1 unspecified atom stereocenters. The number of esters is 1. The lowest BCUT2D eigenvalue weighted by Gasteiger charge is -2.31. The highest BCUT2D eigenvalue weighted by Gasteiger charge is 2.45. The molecule has 0 saturated carbocycles. The van der Waals surface area contributed by atoms with Crippen molar-refractivity contribution >= 4 is 22.8 Å². The van der Waals surface area contributed by atoms with E-state index in [9.17, 15) is 19.5 Å². The van der Waals surface area contributed by atoms with E-state index in [1.165, 1.54) is 0 Å². The second kappa shape index (κ2) is 10.8. The molecule has 2 aromatic heterocycles. The van der Waals surface area contributed by atoms with Gasteiger partial charge in [0.05, 0.1) is 35.6 Å². The van der Waals surface area contributed by atoms with Gasteiger partial charge in [-0.05, 0) is 55.5 Å². The van der Waals surface area contributed by atoms with Crippen molar-refractivity contribution in [3.05, 3.63) is 56.9 Å². The van der Waals surface area contributed by atoms with Gasteiger partial charge in [-0.1, -0.05) is 26.7 Å². The lowest BCUT2D eigenvalue weighted by molar-refractivity contribution is -0.172. The first-order chi connectivity index (χ1) is 18.8. The number of carbonyl (C=O) groups is 2. The number of rotatable bonds is 10. The molecule has 0 fully saturated rings. The first-order valence-corrected chi connectivity index (χ1v) is 13.5. The van der Waals surface area contributed by atoms with E-state index in [4.69, 9.17) is 19.7 Å². The van der Waals surface area contributed by atoms with Gasteiger partial charge < -0.3 is 19.1 Å². The number of aromatic nitrogens is 2. The summed E-state index contributed by atoms with van der Waals surface area (Å²) in [5.41, 5.74) is 4.26. The van der Waals surface area contributed by atoms with Gasteiger partial charge in [-0.2, -0.15) is 0 Å². The standard InChI is InChI=1S/C29H33N3O7/c1-3-18-19-13-17(38-12-8-6-5-7-9-25(33)31-37)10-11-23(19)30-26-20(18)15-32-24(26)14-22-21(27(32)34)16-39-28(35)29(22,36)4-2/h10-11,13-14,36-37H,3-9,12,15-16H2,1-2H3,(H,31,33). The van der Waals surface area contributed by atoms with Crippen LogP contribution >= 0.6 is 0 Å². The van der Waals surface area contributed by atoms with Crippen molar-refractivity contribution in [2.24, 2.45) is 0 Å². The Morgan fingerprint density at radius 3 is 2.69 bits per heavy atom. The predicted molar refractivity (Wildman–Crippen MR) is 142 cm³/mol. The predicted octanol–water partition coefficient (Wildman–Crippen LogP) is 3.48. The number of ether oxygens (including phenoxy) is 2. The van der Waals surface area contributed by atoms with Crippen molar-refractivity contribution in [1.82, 2.24) is 15.0 Å². The first-order valence-electron chi connectivity index (χ1n) is 13.5. The van der Waals surface area contributed by atoms with Crippen molar-refractivity contribution in [2.45, 2.75) is 77.5 Å². The number of cyclic esters (lactones) is 1. The highest BCUT2D eigenvalue weighted by Crippen LogP contribution is 2.40. The maximum atomic E-state index is 13.5. The van der Waals surface area contributed by atoms with Crippen LogP contribution < -0.4 is 15.8 Å². The highest BCUT2D eigenvalue weighted by atomic mass is 16.6. The smallest absolute Gasteiger partial charge is 0.343 e. The number of hydrogen-bond acceptors (Lipinski definition) is 8. The van der Waals surface area contributed by atoms with Gasteiger partial charge in [-0.3, -0.25) is 14.8 Å². The van der Waals surface area contributed by atoms with E-state index in [2.05, 4.69) is 6.92 Å². The number of nitrogens with one attached hydrogen (secondary N) is 1. The van der Waals surface area contributed by atoms with Crippen LogP contribution in [0, 0.1) is 0 Å². The normalized spacial score (nSPS) is 17.4. The third-order valence-corrected chi connectivity index (χ3v) is 7.82. The second-order valence-electron chi connectivity index (χ2n) is 10.1. The van der Waals surface area contributed by atoms with Crippen LogP contribution in [-0.4, -0.2) is 38.3 Å². The van der Waals surface area contributed by atoms with Crippen molar-refractivity contribution in [2.75, 3.05) is 6.61 Å². The zero-order chi connectivity index (χ0) is 27.7. The summed E-state index contributed by atoms with van der Waals surface area (Å²) in [5, 5.41) is 20.6. The number of unbranched alkanes of at least 4 members (excludes halogenated alkanes) is 3. The van der Waals surface area contributed by atoms with Crippen LogP contribution in [0.3, 0.4) is 0 Å². The summed E-state index contributed by atoms with van der Waals surface area (Å²) in [6.45, 7) is 4.51. The van der Waals surface area contributed by atoms with E-state index >= 15 is 0 Å². The van der Waals surface area contributed by atoms with Crippen LogP contribution in [-0.2, 0) is 39.5 Å². The highest BCUT2D eigenvalue weighted by molar-refractivity contribution is 5.90. The minimum Gasteiger partial charge on any atom is -0.494 e. The lowest BCUT2D eigenvalue weighted by Crippen LogP contribution is -2.44. The molecular formula is C29H33N3O7. The minimum absolute atomic E-state index is 0.101. The molecule has 4 heterocycles. The van der Waals surface area contributed by atoms with Crippen LogP contribution in [0.4, 0.5) is 0 Å². The summed E-state index contributed by atoms with van der Waals surface area (Å²) >= 11 is 0.